The van der Waals surface area contributed by atoms with Gasteiger partial charge in [-0.3, -0.25) is 9.78 Å². The number of aromatic nitrogens is 4. The van der Waals surface area contributed by atoms with Crippen molar-refractivity contribution in [2.75, 3.05) is 6.61 Å². The van der Waals surface area contributed by atoms with E-state index in [1.165, 1.54) is 0 Å². The highest BCUT2D eigenvalue weighted by Crippen LogP contribution is 2.15. The molecule has 0 atom stereocenters. The molecule has 122 valence electrons. The number of ether oxygens (including phenoxy) is 1. The molecule has 0 bridgehead atoms. The van der Waals surface area contributed by atoms with Gasteiger partial charge in [-0.2, -0.15) is 4.98 Å². The van der Waals surface area contributed by atoms with Gasteiger partial charge >= 0.3 is 0 Å². The molecular weight excluding hydrogens is 310 g/mol. The van der Waals surface area contributed by atoms with Gasteiger partial charge in [0.2, 0.25) is 17.6 Å². The predicted octanol–water partition coefficient (Wildman–Crippen LogP) is 1.86. The van der Waals surface area contributed by atoms with Gasteiger partial charge in [-0.1, -0.05) is 5.16 Å². The summed E-state index contributed by atoms with van der Waals surface area (Å²) in [4.78, 5) is 24.5. The zero-order chi connectivity index (χ0) is 16.8. The van der Waals surface area contributed by atoms with Crippen molar-refractivity contribution in [2.45, 2.75) is 13.5 Å². The molecule has 0 aromatic carbocycles. The van der Waals surface area contributed by atoms with Crippen LogP contribution in [0.2, 0.25) is 0 Å². The third-order valence-electron chi connectivity index (χ3n) is 3.10. The molecule has 0 aliphatic carbocycles. The summed E-state index contributed by atoms with van der Waals surface area (Å²) in [5, 5.41) is 6.59. The van der Waals surface area contributed by atoms with Crippen molar-refractivity contribution in [3.05, 3.63) is 54.3 Å². The zero-order valence-electron chi connectivity index (χ0n) is 13.0. The monoisotopic (exact) mass is 325 g/mol. The van der Waals surface area contributed by atoms with Gasteiger partial charge in [0.1, 0.15) is 5.56 Å². The molecular formula is C16H15N5O3. The second-order valence-corrected chi connectivity index (χ2v) is 4.72. The van der Waals surface area contributed by atoms with Crippen LogP contribution < -0.4 is 10.1 Å². The van der Waals surface area contributed by atoms with Crippen LogP contribution in [-0.4, -0.2) is 32.6 Å². The van der Waals surface area contributed by atoms with Crippen LogP contribution in [0.5, 0.6) is 5.88 Å². The first-order valence-corrected chi connectivity index (χ1v) is 7.37. The SMILES string of the molecule is CCOc1ncccc1C(=O)NCc1nc(-c2ccncc2)no1. The molecule has 0 aliphatic rings. The number of amides is 1. The molecule has 0 radical (unpaired) electrons. The van der Waals surface area contributed by atoms with E-state index >= 15 is 0 Å². The van der Waals surface area contributed by atoms with Gasteiger partial charge in [-0.05, 0) is 31.2 Å². The standard InChI is InChI=1S/C16H15N5O3/c1-2-23-16-12(4-3-7-18-16)15(22)19-10-13-20-14(21-24-13)11-5-8-17-9-6-11/h3-9H,2,10H2,1H3,(H,19,22). The van der Waals surface area contributed by atoms with Crippen molar-refractivity contribution in [2.24, 2.45) is 0 Å². The summed E-state index contributed by atoms with van der Waals surface area (Å²) in [7, 11) is 0. The van der Waals surface area contributed by atoms with E-state index in [1.54, 1.807) is 42.9 Å². The van der Waals surface area contributed by atoms with Crippen LogP contribution in [0.15, 0.2) is 47.4 Å². The lowest BCUT2D eigenvalue weighted by Gasteiger charge is -2.07. The molecule has 1 N–H and O–H groups in total. The number of pyridine rings is 2. The van der Waals surface area contributed by atoms with Crippen LogP contribution >= 0.6 is 0 Å². The Morgan fingerprint density at radius 2 is 2.08 bits per heavy atom. The van der Waals surface area contributed by atoms with E-state index in [9.17, 15) is 4.79 Å². The van der Waals surface area contributed by atoms with Crippen LogP contribution in [-0.2, 0) is 6.54 Å². The largest absolute Gasteiger partial charge is 0.477 e. The highest BCUT2D eigenvalue weighted by atomic mass is 16.5. The molecule has 3 rings (SSSR count). The van der Waals surface area contributed by atoms with Crippen molar-refractivity contribution < 1.29 is 14.1 Å². The maximum Gasteiger partial charge on any atom is 0.257 e. The normalized spacial score (nSPS) is 10.4. The molecule has 1 amide bonds. The first kappa shape index (κ1) is 15.6. The summed E-state index contributed by atoms with van der Waals surface area (Å²) in [5.74, 6) is 0.714. The zero-order valence-corrected chi connectivity index (χ0v) is 13.0. The number of nitrogens with one attached hydrogen (secondary N) is 1. The summed E-state index contributed by atoms with van der Waals surface area (Å²) in [6, 6.07) is 6.86. The lowest BCUT2D eigenvalue weighted by Crippen LogP contribution is -2.24. The molecule has 0 fully saturated rings. The second kappa shape index (κ2) is 7.32. The summed E-state index contributed by atoms with van der Waals surface area (Å²) >= 11 is 0. The lowest BCUT2D eigenvalue weighted by atomic mass is 10.2. The smallest absolute Gasteiger partial charge is 0.257 e. The number of rotatable bonds is 6. The number of carbonyl (C=O) groups is 1. The van der Waals surface area contributed by atoms with Gasteiger partial charge in [-0.25, -0.2) is 4.98 Å². The van der Waals surface area contributed by atoms with Crippen LogP contribution in [0.1, 0.15) is 23.2 Å². The van der Waals surface area contributed by atoms with Gasteiger partial charge in [-0.15, -0.1) is 0 Å². The van der Waals surface area contributed by atoms with E-state index in [-0.39, 0.29) is 12.5 Å². The Morgan fingerprint density at radius 3 is 2.88 bits per heavy atom. The Balaban J connectivity index is 1.66. The van der Waals surface area contributed by atoms with Crippen LogP contribution in [0.3, 0.4) is 0 Å². The van der Waals surface area contributed by atoms with E-state index in [0.29, 0.717) is 29.8 Å². The Bertz CT molecular complexity index is 819. The number of carbonyl (C=O) groups excluding carboxylic acids is 1. The number of hydrogen-bond acceptors (Lipinski definition) is 7. The maximum absolute atomic E-state index is 12.3. The predicted molar refractivity (Wildman–Crippen MR) is 84.1 cm³/mol. The Labute approximate surface area is 137 Å². The van der Waals surface area contributed by atoms with Gasteiger partial charge in [0.05, 0.1) is 13.2 Å². The molecule has 0 saturated carbocycles. The first-order valence-electron chi connectivity index (χ1n) is 7.37. The lowest BCUT2D eigenvalue weighted by molar-refractivity contribution is 0.0941. The third kappa shape index (κ3) is 3.54. The van der Waals surface area contributed by atoms with Crippen LogP contribution in [0.25, 0.3) is 11.4 Å². The van der Waals surface area contributed by atoms with Crippen molar-refractivity contribution in [1.29, 1.82) is 0 Å². The fraction of sp³-hybridized carbons (Fsp3) is 0.188. The fourth-order valence-corrected chi connectivity index (χ4v) is 2.01. The van der Waals surface area contributed by atoms with Gasteiger partial charge in [0, 0.05) is 24.2 Å². The van der Waals surface area contributed by atoms with Gasteiger partial charge < -0.3 is 14.6 Å². The molecule has 0 aliphatic heterocycles. The third-order valence-corrected chi connectivity index (χ3v) is 3.10. The van der Waals surface area contributed by atoms with Crippen molar-refractivity contribution in [1.82, 2.24) is 25.4 Å². The average molecular weight is 325 g/mol. The van der Waals surface area contributed by atoms with Crippen LogP contribution in [0.4, 0.5) is 0 Å². The van der Waals surface area contributed by atoms with Crippen molar-refractivity contribution in [3.63, 3.8) is 0 Å². The summed E-state index contributed by atoms with van der Waals surface area (Å²) in [6.45, 7) is 2.36. The van der Waals surface area contributed by atoms with Crippen LogP contribution in [0, 0.1) is 0 Å². The quantitative estimate of drug-likeness (QED) is 0.737. The first-order chi connectivity index (χ1) is 11.8. The van der Waals surface area contributed by atoms with E-state index in [2.05, 4.69) is 25.4 Å². The maximum atomic E-state index is 12.3. The molecule has 0 unspecified atom stereocenters. The molecule has 8 nitrogen and oxygen atoms in total. The van der Waals surface area contributed by atoms with Crippen molar-refractivity contribution in [3.8, 4) is 17.3 Å². The van der Waals surface area contributed by atoms with Crippen molar-refractivity contribution >= 4 is 5.91 Å². The summed E-state index contributed by atoms with van der Waals surface area (Å²) in [5.41, 5.74) is 1.14. The summed E-state index contributed by atoms with van der Waals surface area (Å²) < 4.78 is 10.5. The van der Waals surface area contributed by atoms with E-state index in [1.807, 2.05) is 6.92 Å². The van der Waals surface area contributed by atoms with E-state index < -0.39 is 0 Å². The highest BCUT2D eigenvalue weighted by Gasteiger charge is 2.15. The minimum Gasteiger partial charge on any atom is -0.477 e. The number of nitrogens with zero attached hydrogens (tertiary/aromatic N) is 4. The topological polar surface area (TPSA) is 103 Å². The molecule has 3 aromatic rings. The Hall–Kier alpha value is -3.29. The van der Waals surface area contributed by atoms with E-state index in [4.69, 9.17) is 9.26 Å². The minimum absolute atomic E-state index is 0.109. The molecule has 24 heavy (non-hydrogen) atoms. The summed E-state index contributed by atoms with van der Waals surface area (Å²) in [6.07, 6.45) is 4.86. The highest BCUT2D eigenvalue weighted by molar-refractivity contribution is 5.96. The fourth-order valence-electron chi connectivity index (χ4n) is 2.01. The number of hydrogen-bond donors (Lipinski definition) is 1. The molecule has 8 heteroatoms. The minimum atomic E-state index is -0.324. The molecule has 0 saturated heterocycles. The average Bonchev–Trinajstić information content (AvgIpc) is 3.10. The molecule has 3 aromatic heterocycles. The molecule has 3 heterocycles. The second-order valence-electron chi connectivity index (χ2n) is 4.72. The van der Waals surface area contributed by atoms with E-state index in [0.717, 1.165) is 5.56 Å². The Morgan fingerprint density at radius 1 is 1.25 bits per heavy atom. The Kier molecular flexibility index (Phi) is 4.76. The van der Waals surface area contributed by atoms with Gasteiger partial charge in [0.25, 0.3) is 5.91 Å². The molecule has 0 spiro atoms. The van der Waals surface area contributed by atoms with Gasteiger partial charge in [0.15, 0.2) is 0 Å².